The van der Waals surface area contributed by atoms with Gasteiger partial charge in [0, 0.05) is 22.0 Å². The normalized spacial score (nSPS) is 14.1. The van der Waals surface area contributed by atoms with Crippen LogP contribution < -0.4 is 0 Å². The van der Waals surface area contributed by atoms with E-state index in [0.29, 0.717) is 0 Å². The molecule has 0 saturated heterocycles. The SMILES string of the molecule is C=C(C)n1c2ccccc2c2c3ccccc3c3c(c21)C1(c2ccccc2-c2ccccc21)c1ccccc1-3. The smallest absolute Gasteiger partial charge is 0.0746 e. The van der Waals surface area contributed by atoms with E-state index in [1.165, 1.54) is 77.1 Å². The number of nitrogens with zero attached hydrogens (tertiary/aromatic N) is 1. The maximum Gasteiger partial charge on any atom is 0.0746 e. The van der Waals surface area contributed by atoms with Crippen LogP contribution in [0.5, 0.6) is 0 Å². The highest BCUT2D eigenvalue weighted by molar-refractivity contribution is 6.28. The zero-order chi connectivity index (χ0) is 25.9. The van der Waals surface area contributed by atoms with Crippen molar-refractivity contribution in [3.63, 3.8) is 0 Å². The number of aromatic nitrogens is 1. The molecule has 7 aromatic rings. The van der Waals surface area contributed by atoms with Crippen molar-refractivity contribution in [1.82, 2.24) is 4.57 Å². The van der Waals surface area contributed by atoms with Gasteiger partial charge in [0.2, 0.25) is 0 Å². The predicted octanol–water partition coefficient (Wildman–Crippen LogP) is 9.78. The summed E-state index contributed by atoms with van der Waals surface area (Å²) in [5.41, 5.74) is 13.9. The first-order valence-electron chi connectivity index (χ1n) is 13.7. The minimum absolute atomic E-state index is 0.414. The average Bonchev–Trinajstić information content (AvgIpc) is 3.59. The number of rotatable bonds is 1. The molecule has 182 valence electrons. The summed E-state index contributed by atoms with van der Waals surface area (Å²) >= 11 is 0. The molecule has 1 heterocycles. The van der Waals surface area contributed by atoms with E-state index < -0.39 is 5.41 Å². The van der Waals surface area contributed by atoms with Gasteiger partial charge in [-0.2, -0.15) is 0 Å². The zero-order valence-electron chi connectivity index (χ0n) is 21.7. The van der Waals surface area contributed by atoms with E-state index in [-0.39, 0.29) is 0 Å². The third-order valence-electron chi connectivity index (χ3n) is 9.14. The Morgan fingerprint density at radius 2 is 1.05 bits per heavy atom. The summed E-state index contributed by atoms with van der Waals surface area (Å²) in [5, 5.41) is 5.21. The molecule has 2 aliphatic carbocycles. The Morgan fingerprint density at radius 1 is 0.564 bits per heavy atom. The molecule has 1 heteroatoms. The van der Waals surface area contributed by atoms with Crippen LogP contribution in [0.15, 0.2) is 128 Å². The van der Waals surface area contributed by atoms with E-state index in [2.05, 4.69) is 139 Å². The average molecular weight is 496 g/mol. The summed E-state index contributed by atoms with van der Waals surface area (Å²) in [6.07, 6.45) is 0. The topological polar surface area (TPSA) is 4.93 Å². The Bertz CT molecular complexity index is 2160. The molecular formula is C38H25N. The van der Waals surface area contributed by atoms with Gasteiger partial charge < -0.3 is 4.57 Å². The van der Waals surface area contributed by atoms with Gasteiger partial charge in [-0.15, -0.1) is 0 Å². The molecule has 0 atom stereocenters. The molecule has 0 radical (unpaired) electrons. The lowest BCUT2D eigenvalue weighted by Crippen LogP contribution is -2.26. The maximum absolute atomic E-state index is 4.52. The van der Waals surface area contributed by atoms with Crippen LogP contribution in [0.4, 0.5) is 0 Å². The van der Waals surface area contributed by atoms with E-state index in [1.54, 1.807) is 0 Å². The van der Waals surface area contributed by atoms with Gasteiger partial charge in [0.1, 0.15) is 0 Å². The lowest BCUT2D eigenvalue weighted by Gasteiger charge is -2.31. The molecular weight excluding hydrogens is 470 g/mol. The molecule has 0 aliphatic heterocycles. The number of para-hydroxylation sites is 1. The van der Waals surface area contributed by atoms with E-state index in [9.17, 15) is 0 Å². The van der Waals surface area contributed by atoms with E-state index in [0.717, 1.165) is 5.70 Å². The Kier molecular flexibility index (Phi) is 3.87. The van der Waals surface area contributed by atoms with Crippen LogP contribution in [0, 0.1) is 0 Å². The van der Waals surface area contributed by atoms with Gasteiger partial charge in [-0.25, -0.2) is 0 Å². The highest BCUT2D eigenvalue weighted by Crippen LogP contribution is 2.65. The Labute approximate surface area is 227 Å². The quantitative estimate of drug-likeness (QED) is 0.214. The van der Waals surface area contributed by atoms with Gasteiger partial charge in [0.05, 0.1) is 16.4 Å². The second-order valence-corrected chi connectivity index (χ2v) is 11.0. The van der Waals surface area contributed by atoms with Gasteiger partial charge in [0.25, 0.3) is 0 Å². The molecule has 1 spiro atoms. The van der Waals surface area contributed by atoms with Crippen LogP contribution in [0.1, 0.15) is 29.2 Å². The lowest BCUT2D eigenvalue weighted by molar-refractivity contribution is 0.798. The molecule has 1 nitrogen and oxygen atoms in total. The third-order valence-corrected chi connectivity index (χ3v) is 9.14. The van der Waals surface area contributed by atoms with Crippen LogP contribution in [0.3, 0.4) is 0 Å². The summed E-state index contributed by atoms with van der Waals surface area (Å²) < 4.78 is 2.42. The first kappa shape index (κ1) is 21.1. The summed E-state index contributed by atoms with van der Waals surface area (Å²) in [6.45, 7) is 6.66. The van der Waals surface area contributed by atoms with Crippen molar-refractivity contribution < 1.29 is 0 Å². The van der Waals surface area contributed by atoms with Crippen molar-refractivity contribution in [3.8, 4) is 22.3 Å². The first-order chi connectivity index (χ1) is 19.2. The van der Waals surface area contributed by atoms with Crippen LogP contribution >= 0.6 is 0 Å². The van der Waals surface area contributed by atoms with Crippen molar-refractivity contribution in [2.45, 2.75) is 12.3 Å². The molecule has 0 N–H and O–H groups in total. The van der Waals surface area contributed by atoms with Crippen LogP contribution in [0.25, 0.3) is 60.5 Å². The van der Waals surface area contributed by atoms with Crippen LogP contribution in [-0.4, -0.2) is 4.57 Å². The molecule has 0 fully saturated rings. The van der Waals surface area contributed by atoms with E-state index >= 15 is 0 Å². The second-order valence-electron chi connectivity index (χ2n) is 11.0. The fourth-order valence-electron chi connectivity index (χ4n) is 7.92. The number of hydrogen-bond donors (Lipinski definition) is 0. The van der Waals surface area contributed by atoms with Crippen molar-refractivity contribution in [2.75, 3.05) is 0 Å². The number of allylic oxidation sites excluding steroid dienone is 1. The van der Waals surface area contributed by atoms with Crippen LogP contribution in [-0.2, 0) is 5.41 Å². The summed E-state index contributed by atoms with van der Waals surface area (Å²) in [6, 6.07) is 45.0. The summed E-state index contributed by atoms with van der Waals surface area (Å²) in [4.78, 5) is 0. The van der Waals surface area contributed by atoms with Crippen molar-refractivity contribution >= 4 is 38.3 Å². The van der Waals surface area contributed by atoms with E-state index in [4.69, 9.17) is 0 Å². The first-order valence-corrected chi connectivity index (χ1v) is 13.7. The molecule has 0 bridgehead atoms. The molecule has 0 unspecified atom stereocenters. The molecule has 6 aromatic carbocycles. The van der Waals surface area contributed by atoms with Gasteiger partial charge in [-0.05, 0) is 62.7 Å². The van der Waals surface area contributed by atoms with Crippen molar-refractivity contribution in [2.24, 2.45) is 0 Å². The molecule has 1 aromatic heterocycles. The fraction of sp³-hybridized carbons (Fsp3) is 0.0526. The lowest BCUT2D eigenvalue weighted by atomic mass is 9.70. The van der Waals surface area contributed by atoms with Gasteiger partial charge >= 0.3 is 0 Å². The molecule has 39 heavy (non-hydrogen) atoms. The van der Waals surface area contributed by atoms with Crippen molar-refractivity contribution in [1.29, 1.82) is 0 Å². The highest BCUT2D eigenvalue weighted by Gasteiger charge is 2.53. The Hall–Kier alpha value is -4.88. The molecule has 2 aliphatic rings. The standard InChI is InChI=1S/C38H25N/c1-23(2)39-33-22-12-8-18-29(33)35-27-16-4-3-15-26(27)34-28-17-7-11-21-32(28)38(36(34)37(35)39)30-19-9-5-13-24(30)25-14-6-10-20-31(25)38/h3-22H,1H2,2H3. The third kappa shape index (κ3) is 2.30. The Morgan fingerprint density at radius 3 is 1.69 bits per heavy atom. The summed E-state index contributed by atoms with van der Waals surface area (Å²) in [5.74, 6) is 0. The van der Waals surface area contributed by atoms with Crippen LogP contribution in [0.2, 0.25) is 0 Å². The van der Waals surface area contributed by atoms with Crippen molar-refractivity contribution in [3.05, 3.63) is 150 Å². The zero-order valence-corrected chi connectivity index (χ0v) is 21.7. The van der Waals surface area contributed by atoms with Gasteiger partial charge in [-0.1, -0.05) is 122 Å². The van der Waals surface area contributed by atoms with Gasteiger partial charge in [0.15, 0.2) is 0 Å². The second kappa shape index (κ2) is 7.15. The molecule has 0 saturated carbocycles. The van der Waals surface area contributed by atoms with Gasteiger partial charge in [-0.3, -0.25) is 0 Å². The minimum atomic E-state index is -0.414. The number of hydrogen-bond acceptors (Lipinski definition) is 0. The summed E-state index contributed by atoms with van der Waals surface area (Å²) in [7, 11) is 0. The maximum atomic E-state index is 4.52. The molecule has 9 rings (SSSR count). The fourth-order valence-corrected chi connectivity index (χ4v) is 7.92. The Balaban J connectivity index is 1.67. The minimum Gasteiger partial charge on any atom is -0.313 e. The highest BCUT2D eigenvalue weighted by atomic mass is 15.0. The number of fused-ring (bicyclic) bond motifs is 17. The molecule has 0 amide bonds. The number of benzene rings is 6. The monoisotopic (exact) mass is 495 g/mol. The largest absolute Gasteiger partial charge is 0.313 e. The van der Waals surface area contributed by atoms with E-state index in [1.807, 2.05) is 0 Å². The predicted molar refractivity (Wildman–Crippen MR) is 164 cm³/mol.